The highest BCUT2D eigenvalue weighted by Crippen LogP contribution is 2.44. The van der Waals surface area contributed by atoms with Crippen LogP contribution in [0.3, 0.4) is 0 Å². The highest BCUT2D eigenvalue weighted by Gasteiger charge is 2.40. The number of hydrogen-bond donors (Lipinski definition) is 2. The number of nitrogens with one attached hydrogen (secondary N) is 2. The lowest BCUT2D eigenvalue weighted by molar-refractivity contribution is 0.230. The number of urea groups is 1. The smallest absolute Gasteiger partial charge is 0.315 e. The van der Waals surface area contributed by atoms with Crippen LogP contribution in [-0.4, -0.2) is 22.0 Å². The summed E-state index contributed by atoms with van der Waals surface area (Å²) in [5, 5.41) is 6.06. The molecule has 2 N–H and O–H groups in total. The summed E-state index contributed by atoms with van der Waals surface area (Å²) in [5.41, 5.74) is 1.70. The van der Waals surface area contributed by atoms with E-state index in [1.54, 1.807) is 12.4 Å². The van der Waals surface area contributed by atoms with Crippen molar-refractivity contribution in [2.45, 2.75) is 38.3 Å². The molecule has 2 aliphatic rings. The summed E-state index contributed by atoms with van der Waals surface area (Å²) in [6.45, 7) is 0.469. The molecule has 0 saturated heterocycles. The normalized spacial score (nSPS) is 25.5. The molecule has 6 heteroatoms. The van der Waals surface area contributed by atoms with Crippen molar-refractivity contribution in [1.82, 2.24) is 20.6 Å². The number of pyridine rings is 1. The second kappa shape index (κ2) is 6.02. The Labute approximate surface area is 134 Å². The van der Waals surface area contributed by atoms with Crippen LogP contribution in [0.25, 0.3) is 11.5 Å². The standard InChI is InChI=1S/C17H20N4O2/c22-17(21-14-6-11-1-2-13(14)5-11)20-8-12-3-4-19-15(7-12)16-9-18-10-23-16/h3-4,7,9-11,13-14H,1-2,5-6,8H2,(H2,20,21,22). The van der Waals surface area contributed by atoms with Gasteiger partial charge in [-0.1, -0.05) is 6.42 Å². The van der Waals surface area contributed by atoms with Crippen LogP contribution in [0.2, 0.25) is 0 Å². The first-order valence-corrected chi connectivity index (χ1v) is 8.16. The van der Waals surface area contributed by atoms with Crippen molar-refractivity contribution in [3.63, 3.8) is 0 Å². The van der Waals surface area contributed by atoms with Crippen LogP contribution in [0.4, 0.5) is 4.79 Å². The molecule has 2 heterocycles. The molecule has 2 aromatic heterocycles. The molecule has 0 aromatic carbocycles. The van der Waals surface area contributed by atoms with Gasteiger partial charge in [0.25, 0.3) is 0 Å². The van der Waals surface area contributed by atoms with E-state index in [1.165, 1.54) is 25.7 Å². The Morgan fingerprint density at radius 2 is 2.30 bits per heavy atom. The van der Waals surface area contributed by atoms with Crippen LogP contribution < -0.4 is 10.6 Å². The first kappa shape index (κ1) is 14.2. The summed E-state index contributed by atoms with van der Waals surface area (Å²) in [6, 6.07) is 4.06. The van der Waals surface area contributed by atoms with Crippen molar-refractivity contribution in [3.8, 4) is 11.5 Å². The van der Waals surface area contributed by atoms with Crippen LogP contribution in [0.1, 0.15) is 31.2 Å². The van der Waals surface area contributed by atoms with Gasteiger partial charge in [-0.05, 0) is 48.8 Å². The Kier molecular flexibility index (Phi) is 3.73. The van der Waals surface area contributed by atoms with Crippen molar-refractivity contribution in [2.75, 3.05) is 0 Å². The topological polar surface area (TPSA) is 80.1 Å². The molecule has 0 spiro atoms. The Hall–Kier alpha value is -2.37. The summed E-state index contributed by atoms with van der Waals surface area (Å²) >= 11 is 0. The zero-order valence-electron chi connectivity index (χ0n) is 12.9. The predicted octanol–water partition coefficient (Wildman–Crippen LogP) is 2.72. The van der Waals surface area contributed by atoms with E-state index in [1.807, 2.05) is 12.1 Å². The van der Waals surface area contributed by atoms with Gasteiger partial charge in [0.15, 0.2) is 12.2 Å². The Bertz CT molecular complexity index is 686. The number of aromatic nitrogens is 2. The van der Waals surface area contributed by atoms with Crippen LogP contribution >= 0.6 is 0 Å². The maximum absolute atomic E-state index is 12.1. The molecule has 2 amide bonds. The number of carbonyl (C=O) groups excluding carboxylic acids is 1. The van der Waals surface area contributed by atoms with E-state index in [0.29, 0.717) is 24.3 Å². The molecule has 23 heavy (non-hydrogen) atoms. The van der Waals surface area contributed by atoms with E-state index in [4.69, 9.17) is 4.42 Å². The largest absolute Gasteiger partial charge is 0.442 e. The van der Waals surface area contributed by atoms with Gasteiger partial charge in [0.1, 0.15) is 5.69 Å². The first-order valence-electron chi connectivity index (χ1n) is 8.16. The molecule has 3 unspecified atom stereocenters. The fourth-order valence-corrected chi connectivity index (χ4v) is 3.88. The van der Waals surface area contributed by atoms with E-state index in [2.05, 4.69) is 20.6 Å². The number of rotatable bonds is 4. The molecule has 2 bridgehead atoms. The molecule has 6 nitrogen and oxygen atoms in total. The SMILES string of the molecule is O=C(NCc1ccnc(-c2cnco2)c1)NC1CC2CCC1C2. The van der Waals surface area contributed by atoms with Crippen molar-refractivity contribution >= 4 is 6.03 Å². The Morgan fingerprint density at radius 1 is 1.35 bits per heavy atom. The van der Waals surface area contributed by atoms with E-state index >= 15 is 0 Å². The second-order valence-electron chi connectivity index (χ2n) is 6.52. The van der Waals surface area contributed by atoms with Crippen molar-refractivity contribution in [3.05, 3.63) is 36.5 Å². The van der Waals surface area contributed by atoms with Gasteiger partial charge in [-0.2, -0.15) is 0 Å². The Morgan fingerprint density at radius 3 is 3.04 bits per heavy atom. The fraction of sp³-hybridized carbons (Fsp3) is 0.471. The van der Waals surface area contributed by atoms with E-state index < -0.39 is 0 Å². The van der Waals surface area contributed by atoms with Gasteiger partial charge in [0, 0.05) is 18.8 Å². The van der Waals surface area contributed by atoms with Crippen molar-refractivity contribution < 1.29 is 9.21 Å². The van der Waals surface area contributed by atoms with Crippen LogP contribution in [0.15, 0.2) is 35.3 Å². The molecule has 3 atom stereocenters. The molecule has 0 aliphatic heterocycles. The zero-order chi connectivity index (χ0) is 15.6. The predicted molar refractivity (Wildman–Crippen MR) is 84.3 cm³/mol. The number of amides is 2. The molecule has 120 valence electrons. The fourth-order valence-electron chi connectivity index (χ4n) is 3.88. The lowest BCUT2D eigenvalue weighted by Crippen LogP contribution is -2.44. The molecule has 2 aromatic rings. The summed E-state index contributed by atoms with van der Waals surface area (Å²) in [7, 11) is 0. The number of fused-ring (bicyclic) bond motifs is 2. The summed E-state index contributed by atoms with van der Waals surface area (Å²) in [6.07, 6.45) is 9.75. The monoisotopic (exact) mass is 312 g/mol. The third-order valence-corrected chi connectivity index (χ3v) is 5.02. The molecular formula is C17H20N4O2. The highest BCUT2D eigenvalue weighted by atomic mass is 16.3. The van der Waals surface area contributed by atoms with Gasteiger partial charge in [0.2, 0.25) is 0 Å². The molecule has 0 radical (unpaired) electrons. The number of oxazole rings is 1. The molecule has 2 aliphatic carbocycles. The maximum Gasteiger partial charge on any atom is 0.315 e. The zero-order valence-corrected chi connectivity index (χ0v) is 12.9. The summed E-state index contributed by atoms with van der Waals surface area (Å²) in [4.78, 5) is 20.2. The minimum absolute atomic E-state index is 0.0828. The highest BCUT2D eigenvalue weighted by molar-refractivity contribution is 5.74. The average Bonchev–Trinajstić information content (AvgIpc) is 3.30. The summed E-state index contributed by atoms with van der Waals surface area (Å²) < 4.78 is 5.24. The number of hydrogen-bond acceptors (Lipinski definition) is 4. The minimum Gasteiger partial charge on any atom is -0.442 e. The average molecular weight is 312 g/mol. The third kappa shape index (κ3) is 3.06. The molecule has 2 saturated carbocycles. The van der Waals surface area contributed by atoms with Crippen LogP contribution in [0.5, 0.6) is 0 Å². The van der Waals surface area contributed by atoms with Crippen LogP contribution in [0, 0.1) is 11.8 Å². The van der Waals surface area contributed by atoms with Gasteiger partial charge < -0.3 is 15.1 Å². The van der Waals surface area contributed by atoms with Gasteiger partial charge >= 0.3 is 6.03 Å². The number of nitrogens with zero attached hydrogens (tertiary/aromatic N) is 2. The van der Waals surface area contributed by atoms with Crippen molar-refractivity contribution in [2.24, 2.45) is 11.8 Å². The lowest BCUT2D eigenvalue weighted by Gasteiger charge is -2.23. The van der Waals surface area contributed by atoms with Gasteiger partial charge in [-0.25, -0.2) is 9.78 Å². The minimum atomic E-state index is -0.0828. The van der Waals surface area contributed by atoms with Gasteiger partial charge in [-0.3, -0.25) is 4.98 Å². The van der Waals surface area contributed by atoms with E-state index in [0.717, 1.165) is 23.6 Å². The van der Waals surface area contributed by atoms with Crippen LogP contribution in [-0.2, 0) is 6.54 Å². The maximum atomic E-state index is 12.1. The van der Waals surface area contributed by atoms with Gasteiger partial charge in [0.05, 0.1) is 6.20 Å². The second-order valence-corrected chi connectivity index (χ2v) is 6.52. The van der Waals surface area contributed by atoms with Gasteiger partial charge in [-0.15, -0.1) is 0 Å². The first-order chi connectivity index (χ1) is 11.3. The number of carbonyl (C=O) groups is 1. The van der Waals surface area contributed by atoms with E-state index in [9.17, 15) is 4.79 Å². The molecule has 2 fully saturated rings. The lowest BCUT2D eigenvalue weighted by atomic mass is 9.95. The summed E-state index contributed by atoms with van der Waals surface area (Å²) in [5.74, 6) is 2.14. The molecular weight excluding hydrogens is 292 g/mol. The van der Waals surface area contributed by atoms with Crippen molar-refractivity contribution in [1.29, 1.82) is 0 Å². The quantitative estimate of drug-likeness (QED) is 0.909. The molecule has 4 rings (SSSR count). The Balaban J connectivity index is 1.32. The van der Waals surface area contributed by atoms with E-state index in [-0.39, 0.29) is 6.03 Å². The third-order valence-electron chi connectivity index (χ3n) is 5.02.